The number of carbonyl (C=O) groups excluding carboxylic acids is 2. The number of aromatic nitrogens is 3. The van der Waals surface area contributed by atoms with Gasteiger partial charge >= 0.3 is 6.18 Å². The van der Waals surface area contributed by atoms with Crippen molar-refractivity contribution >= 4 is 29.0 Å². The fraction of sp³-hybridized carbons (Fsp3) is 0.633. The molecule has 7 atom stereocenters. The van der Waals surface area contributed by atoms with Gasteiger partial charge in [0.2, 0.25) is 5.91 Å². The van der Waals surface area contributed by atoms with E-state index in [1.807, 2.05) is 57.4 Å². The SMILES string of the molecule is C=C([C@H]1NC(=O)[C@@H]2C(c3cccnc3[C@H]3CCCN32)C2(CCCCCOC2)[C@@H]1CCN(CCOC)c1ccc2c(c1)c(CC(C)(C)COC=O)c(-c1cc(C3CN(C)C3)cnc1[C@H](C)OC)n2CC(F)(F)F)N1CCCCN1. The van der Waals surface area contributed by atoms with Crippen molar-refractivity contribution in [2.75, 3.05) is 98.4 Å². The highest BCUT2D eigenvalue weighted by Gasteiger charge is 2.61. The molecular formula is C60H82F3N9O6. The summed E-state index contributed by atoms with van der Waals surface area (Å²) in [4.78, 5) is 44.2. The van der Waals surface area contributed by atoms with Gasteiger partial charge in [0.1, 0.15) is 6.54 Å². The largest absolute Gasteiger partial charge is 0.467 e. The number of hydrogen-bond acceptors (Lipinski definition) is 13. The van der Waals surface area contributed by atoms with Crippen molar-refractivity contribution in [3.05, 3.63) is 89.1 Å². The number of amides is 1. The molecule has 6 aliphatic heterocycles. The summed E-state index contributed by atoms with van der Waals surface area (Å²) in [5, 5.41) is 6.54. The molecule has 2 N–H and O–H groups in total. The molecule has 9 heterocycles. The first-order valence-corrected chi connectivity index (χ1v) is 28.6. The van der Waals surface area contributed by atoms with Gasteiger partial charge in [-0.1, -0.05) is 39.3 Å². The maximum atomic E-state index is 15.5. The van der Waals surface area contributed by atoms with Crippen LogP contribution in [0.4, 0.5) is 18.9 Å². The molecule has 10 rings (SSSR count). The number of ether oxygens (including phenoxy) is 4. The van der Waals surface area contributed by atoms with Crippen molar-refractivity contribution < 1.29 is 41.7 Å². The number of likely N-dealkylation sites (tertiary alicyclic amines) is 1. The second-order valence-corrected chi connectivity index (χ2v) is 24.0. The number of hydrogen-bond donors (Lipinski definition) is 2. The fourth-order valence-corrected chi connectivity index (χ4v) is 14.5. The van der Waals surface area contributed by atoms with Crippen LogP contribution < -0.4 is 15.6 Å². The van der Waals surface area contributed by atoms with Crippen molar-refractivity contribution in [2.24, 2.45) is 16.7 Å². The zero-order valence-electron chi connectivity index (χ0n) is 46.7. The number of fused-ring (bicyclic) bond motifs is 8. The van der Waals surface area contributed by atoms with E-state index in [0.717, 1.165) is 112 Å². The number of nitrogens with one attached hydrogen (secondary N) is 2. The van der Waals surface area contributed by atoms with Crippen LogP contribution in [0.25, 0.3) is 22.2 Å². The van der Waals surface area contributed by atoms with Crippen LogP contribution in [0.1, 0.15) is 131 Å². The fourth-order valence-electron chi connectivity index (χ4n) is 14.5. The third-order valence-electron chi connectivity index (χ3n) is 18.2. The molecule has 5 saturated heterocycles. The van der Waals surface area contributed by atoms with Gasteiger partial charge in [0.05, 0.1) is 61.1 Å². The average molecular weight is 1080 g/mol. The predicted octanol–water partition coefficient (Wildman–Crippen LogP) is 9.09. The van der Waals surface area contributed by atoms with Gasteiger partial charge in [-0.2, -0.15) is 13.2 Å². The quantitative estimate of drug-likeness (QED) is 0.0865. The van der Waals surface area contributed by atoms with Gasteiger partial charge in [0.25, 0.3) is 6.47 Å². The Balaban J connectivity index is 1.14. The Morgan fingerprint density at radius 2 is 1.88 bits per heavy atom. The summed E-state index contributed by atoms with van der Waals surface area (Å²) in [6.07, 6.45) is 7.34. The summed E-state index contributed by atoms with van der Waals surface area (Å²) in [5.74, 6) is -0.186. The van der Waals surface area contributed by atoms with Crippen LogP contribution in [0.15, 0.2) is 61.1 Å². The lowest BCUT2D eigenvalue weighted by atomic mass is 9.56. The highest BCUT2D eigenvalue weighted by molar-refractivity contribution is 5.95. The number of likely N-dealkylation sites (N-methyl/N-ethyl adjacent to an activating group) is 1. The number of rotatable bonds is 19. The normalized spacial score (nSPS) is 25.8. The lowest BCUT2D eigenvalue weighted by Gasteiger charge is -2.54. The molecule has 424 valence electrons. The van der Waals surface area contributed by atoms with Gasteiger partial charge in [-0.25, -0.2) is 5.43 Å². The van der Waals surface area contributed by atoms with Crippen molar-refractivity contribution in [2.45, 2.75) is 134 Å². The second kappa shape index (κ2) is 23.5. The van der Waals surface area contributed by atoms with Crippen molar-refractivity contribution in [1.82, 2.24) is 40.1 Å². The number of hydrazine groups is 1. The molecule has 4 aromatic rings. The topological polar surface area (TPSA) is 139 Å². The van der Waals surface area contributed by atoms with Crippen LogP contribution in [0.3, 0.4) is 0 Å². The zero-order chi connectivity index (χ0) is 54.9. The van der Waals surface area contributed by atoms with Gasteiger partial charge < -0.3 is 43.6 Å². The standard InChI is InChI=1S/C60H82F3N9O6/c1-39(72-24-11-10-22-66-72)52-48(59(20-9-8-12-27-77-37-59)51-44-15-13-21-64-54(44)50-16-14-23-70(50)56(51)57(74)67-52)19-25-69(26-28-75-6)43-17-18-49-45(30-43)47(31-58(3,4)36-78-38-73)55(71(49)35-60(61,62)63)46-29-41(42-33-68(5)34-42)32-65-53(46)40(2)76-7/h13,15,17-18,21,29-30,32,38,40,42,48,50-52,56,66H,1,8-12,14,16,19-20,22-28,31,33-37H2,2-7H3,(H,67,74)/t40-,48+,50+,51?,52+,56-,59?/m0/s1. The summed E-state index contributed by atoms with van der Waals surface area (Å²) < 4.78 is 71.2. The summed E-state index contributed by atoms with van der Waals surface area (Å²) in [7, 11) is 5.32. The summed E-state index contributed by atoms with van der Waals surface area (Å²) in [6, 6.07) is 11.3. The van der Waals surface area contributed by atoms with Gasteiger partial charge in [-0.05, 0) is 125 Å². The molecule has 78 heavy (non-hydrogen) atoms. The van der Waals surface area contributed by atoms with E-state index in [9.17, 15) is 4.79 Å². The van der Waals surface area contributed by atoms with Crippen LogP contribution >= 0.6 is 0 Å². The number of pyridine rings is 2. The minimum Gasteiger partial charge on any atom is -0.467 e. The van der Waals surface area contributed by atoms with Gasteiger partial charge in [0, 0.05) is 123 Å². The predicted molar refractivity (Wildman–Crippen MR) is 295 cm³/mol. The third kappa shape index (κ3) is 11.2. The molecule has 0 radical (unpaired) electrons. The first-order chi connectivity index (χ1) is 37.6. The minimum atomic E-state index is -4.58. The monoisotopic (exact) mass is 1080 g/mol. The second-order valence-electron chi connectivity index (χ2n) is 24.0. The highest BCUT2D eigenvalue weighted by Crippen LogP contribution is 2.59. The summed E-state index contributed by atoms with van der Waals surface area (Å²) in [5.41, 5.74) is 9.95. The number of carbonyl (C=O) groups is 2. The number of alkyl halides is 3. The molecule has 1 aromatic carbocycles. The van der Waals surface area contributed by atoms with Crippen LogP contribution in [0, 0.1) is 16.7 Å². The van der Waals surface area contributed by atoms with Gasteiger partial charge in [0.15, 0.2) is 0 Å². The van der Waals surface area contributed by atoms with Crippen LogP contribution in [-0.4, -0.2) is 153 Å². The Labute approximate surface area is 458 Å². The molecule has 15 nitrogen and oxygen atoms in total. The van der Waals surface area contributed by atoms with Crippen molar-refractivity contribution in [3.8, 4) is 11.3 Å². The molecule has 5 fully saturated rings. The zero-order valence-corrected chi connectivity index (χ0v) is 46.7. The van der Waals surface area contributed by atoms with Crippen LogP contribution in [0.5, 0.6) is 0 Å². The molecule has 6 aliphatic rings. The Bertz CT molecular complexity index is 2770. The molecule has 0 aliphatic carbocycles. The van der Waals surface area contributed by atoms with E-state index in [2.05, 4.69) is 49.6 Å². The lowest BCUT2D eigenvalue weighted by Crippen LogP contribution is -2.56. The van der Waals surface area contributed by atoms with Crippen LogP contribution in [0.2, 0.25) is 0 Å². The first kappa shape index (κ1) is 56.2. The number of anilines is 1. The molecule has 1 spiro atoms. The minimum absolute atomic E-state index is 0.0205. The Kier molecular flexibility index (Phi) is 17.0. The Morgan fingerprint density at radius 1 is 1.05 bits per heavy atom. The third-order valence-corrected chi connectivity index (χ3v) is 18.2. The molecule has 2 unspecified atom stereocenters. The maximum absolute atomic E-state index is 15.5. The van der Waals surface area contributed by atoms with Crippen LogP contribution in [-0.2, 0) is 41.5 Å². The van der Waals surface area contributed by atoms with Crippen molar-refractivity contribution in [3.63, 3.8) is 0 Å². The van der Waals surface area contributed by atoms with E-state index in [4.69, 9.17) is 35.5 Å². The highest BCUT2D eigenvalue weighted by atomic mass is 19.4. The van der Waals surface area contributed by atoms with E-state index in [1.165, 1.54) is 4.57 Å². The Hall–Kier alpha value is -5.11. The average Bonchev–Trinajstić information content (AvgIpc) is 3.64. The maximum Gasteiger partial charge on any atom is 0.406 e. The summed E-state index contributed by atoms with van der Waals surface area (Å²) >= 11 is 0. The van der Waals surface area contributed by atoms with E-state index in [-0.39, 0.29) is 42.7 Å². The molecule has 0 bridgehead atoms. The smallest absolute Gasteiger partial charge is 0.406 e. The number of benzene rings is 1. The molecule has 18 heteroatoms. The molecule has 3 aromatic heterocycles. The van der Waals surface area contributed by atoms with E-state index >= 15 is 18.0 Å². The van der Waals surface area contributed by atoms with E-state index in [0.29, 0.717) is 79.2 Å². The molecule has 0 saturated carbocycles. The number of halogens is 3. The Morgan fingerprint density at radius 3 is 2.63 bits per heavy atom. The first-order valence-electron chi connectivity index (χ1n) is 28.6. The lowest BCUT2D eigenvalue weighted by molar-refractivity contribution is -0.139. The van der Waals surface area contributed by atoms with Gasteiger partial charge in [-0.3, -0.25) is 24.5 Å². The van der Waals surface area contributed by atoms with E-state index < -0.39 is 41.7 Å². The number of methoxy groups -OCH3 is 2. The molecular weight excluding hydrogens is 1000 g/mol. The molecule has 1 amide bonds. The number of nitrogens with zero attached hydrogens (tertiary/aromatic N) is 7. The van der Waals surface area contributed by atoms with E-state index in [1.54, 1.807) is 14.2 Å². The van der Waals surface area contributed by atoms with Gasteiger partial charge in [-0.15, -0.1) is 0 Å². The summed E-state index contributed by atoms with van der Waals surface area (Å²) in [6.45, 7) is 16.4. The van der Waals surface area contributed by atoms with Crippen molar-refractivity contribution in [1.29, 1.82) is 0 Å².